The Bertz CT molecular complexity index is 1210. The van der Waals surface area contributed by atoms with Gasteiger partial charge in [0.2, 0.25) is 0 Å². The molecule has 0 radical (unpaired) electrons. The number of carboxylic acid groups (broad SMARTS) is 1. The van der Waals surface area contributed by atoms with Gasteiger partial charge in [-0.1, -0.05) is 60.1 Å². The molecule has 0 aliphatic rings. The second-order valence-corrected chi connectivity index (χ2v) is 7.08. The first-order chi connectivity index (χ1) is 14.6. The van der Waals surface area contributed by atoms with Crippen molar-refractivity contribution in [2.75, 3.05) is 5.32 Å². The van der Waals surface area contributed by atoms with Crippen LogP contribution in [0.1, 0.15) is 15.9 Å². The zero-order valence-electron chi connectivity index (χ0n) is 15.9. The zero-order valence-corrected chi connectivity index (χ0v) is 16.7. The molecule has 30 heavy (non-hydrogen) atoms. The van der Waals surface area contributed by atoms with Gasteiger partial charge in [0.1, 0.15) is 5.82 Å². The Morgan fingerprint density at radius 3 is 2.50 bits per heavy atom. The molecule has 0 bridgehead atoms. The number of rotatable bonds is 6. The van der Waals surface area contributed by atoms with Gasteiger partial charge < -0.3 is 16.2 Å². The van der Waals surface area contributed by atoms with E-state index >= 15 is 0 Å². The fourth-order valence-corrected chi connectivity index (χ4v) is 3.41. The molecule has 1 heterocycles. The van der Waals surface area contributed by atoms with Crippen LogP contribution in [0.2, 0.25) is 5.02 Å². The van der Waals surface area contributed by atoms with Gasteiger partial charge in [-0.2, -0.15) is 5.10 Å². The minimum atomic E-state index is -1.05. The zero-order chi connectivity index (χ0) is 21.1. The summed E-state index contributed by atoms with van der Waals surface area (Å²) in [5.41, 5.74) is 9.82. The number of nitrogens with zero attached hydrogens (tertiary/aromatic N) is 2. The summed E-state index contributed by atoms with van der Waals surface area (Å²) >= 11 is 6.12. The predicted molar refractivity (Wildman–Crippen MR) is 119 cm³/mol. The second kappa shape index (κ2) is 8.41. The Hall–Kier alpha value is -3.61. The van der Waals surface area contributed by atoms with Crippen LogP contribution >= 0.6 is 11.6 Å². The van der Waals surface area contributed by atoms with E-state index < -0.39 is 5.97 Å². The molecule has 4 aromatic rings. The second-order valence-electron chi connectivity index (χ2n) is 6.65. The lowest BCUT2D eigenvalue weighted by atomic mass is 10.1. The maximum atomic E-state index is 11.7. The lowest BCUT2D eigenvalue weighted by Gasteiger charge is -2.14. The highest BCUT2D eigenvalue weighted by molar-refractivity contribution is 6.31. The average Bonchev–Trinajstić information content (AvgIpc) is 3.17. The summed E-state index contributed by atoms with van der Waals surface area (Å²) < 4.78 is 1.73. The first-order valence-electron chi connectivity index (χ1n) is 9.30. The first kappa shape index (κ1) is 19.7. The molecule has 0 aliphatic carbocycles. The number of carbonyl (C=O) groups is 1. The summed E-state index contributed by atoms with van der Waals surface area (Å²) in [7, 11) is 0. The largest absolute Gasteiger partial charge is 0.478 e. The SMILES string of the molecule is NCc1ccccc1-n1nc(-c2ccccc2)cc1Nc1cc(Cl)ccc1C(=O)O. The van der Waals surface area contributed by atoms with Crippen molar-refractivity contribution in [1.82, 2.24) is 9.78 Å². The third-order valence-corrected chi connectivity index (χ3v) is 4.93. The lowest BCUT2D eigenvalue weighted by molar-refractivity contribution is 0.0698. The van der Waals surface area contributed by atoms with Gasteiger partial charge in [-0.15, -0.1) is 0 Å². The molecule has 3 aromatic carbocycles. The van der Waals surface area contributed by atoms with Crippen molar-refractivity contribution in [2.45, 2.75) is 6.54 Å². The Morgan fingerprint density at radius 1 is 1.03 bits per heavy atom. The van der Waals surface area contributed by atoms with E-state index in [0.717, 1.165) is 22.5 Å². The number of para-hydroxylation sites is 1. The van der Waals surface area contributed by atoms with Crippen molar-refractivity contribution < 1.29 is 9.90 Å². The first-order valence-corrected chi connectivity index (χ1v) is 9.68. The molecule has 0 spiro atoms. The highest BCUT2D eigenvalue weighted by atomic mass is 35.5. The molecule has 1 aromatic heterocycles. The molecule has 7 heteroatoms. The molecule has 0 amide bonds. The molecule has 0 aliphatic heterocycles. The number of halogens is 1. The van der Waals surface area contributed by atoms with E-state index in [0.29, 0.717) is 23.1 Å². The highest BCUT2D eigenvalue weighted by Crippen LogP contribution is 2.30. The van der Waals surface area contributed by atoms with Crippen LogP contribution in [-0.4, -0.2) is 20.9 Å². The van der Waals surface area contributed by atoms with Crippen LogP contribution in [0.25, 0.3) is 16.9 Å². The Kier molecular flexibility index (Phi) is 5.52. The number of benzene rings is 3. The number of anilines is 2. The maximum absolute atomic E-state index is 11.7. The van der Waals surface area contributed by atoms with Gasteiger partial charge in [-0.05, 0) is 29.8 Å². The maximum Gasteiger partial charge on any atom is 0.337 e. The van der Waals surface area contributed by atoms with Gasteiger partial charge >= 0.3 is 5.97 Å². The number of hydrogen-bond donors (Lipinski definition) is 3. The molecule has 0 atom stereocenters. The smallest absolute Gasteiger partial charge is 0.337 e. The summed E-state index contributed by atoms with van der Waals surface area (Å²) in [5, 5.41) is 18.0. The summed E-state index contributed by atoms with van der Waals surface area (Å²) in [4.78, 5) is 11.7. The summed E-state index contributed by atoms with van der Waals surface area (Å²) in [6, 6.07) is 23.9. The van der Waals surface area contributed by atoms with Crippen LogP contribution in [0.3, 0.4) is 0 Å². The van der Waals surface area contributed by atoms with Gasteiger partial charge in [-0.25, -0.2) is 9.48 Å². The monoisotopic (exact) mass is 418 g/mol. The minimum Gasteiger partial charge on any atom is -0.478 e. The van der Waals surface area contributed by atoms with Gasteiger partial charge in [-0.3, -0.25) is 0 Å². The fraction of sp³-hybridized carbons (Fsp3) is 0.0435. The lowest BCUT2D eigenvalue weighted by Crippen LogP contribution is -2.09. The van der Waals surface area contributed by atoms with Crippen molar-refractivity contribution in [3.05, 3.63) is 95.0 Å². The van der Waals surface area contributed by atoms with E-state index in [-0.39, 0.29) is 5.56 Å². The molecule has 150 valence electrons. The van der Waals surface area contributed by atoms with Crippen molar-refractivity contribution >= 4 is 29.1 Å². The van der Waals surface area contributed by atoms with Crippen LogP contribution in [0.15, 0.2) is 78.9 Å². The Morgan fingerprint density at radius 2 is 1.77 bits per heavy atom. The number of nitrogens with one attached hydrogen (secondary N) is 1. The normalized spacial score (nSPS) is 10.7. The third-order valence-electron chi connectivity index (χ3n) is 4.69. The fourth-order valence-electron chi connectivity index (χ4n) is 3.24. The molecule has 0 saturated heterocycles. The van der Waals surface area contributed by atoms with Crippen molar-refractivity contribution in [1.29, 1.82) is 0 Å². The van der Waals surface area contributed by atoms with Gasteiger partial charge in [0.25, 0.3) is 0 Å². The standard InChI is InChI=1S/C23H19ClN4O2/c24-17-10-11-18(23(29)30)20(12-17)26-22-13-19(15-6-2-1-3-7-15)27-28(22)21-9-5-4-8-16(21)14-25/h1-13,26H,14,25H2,(H,29,30). The minimum absolute atomic E-state index is 0.112. The molecule has 0 saturated carbocycles. The number of nitrogens with two attached hydrogens (primary N) is 1. The summed E-state index contributed by atoms with van der Waals surface area (Å²) in [6.45, 7) is 0.341. The molecule has 0 fully saturated rings. The summed E-state index contributed by atoms with van der Waals surface area (Å²) in [5.74, 6) is -0.453. The highest BCUT2D eigenvalue weighted by Gasteiger charge is 2.17. The number of hydrogen-bond acceptors (Lipinski definition) is 4. The van der Waals surface area contributed by atoms with E-state index in [1.54, 1.807) is 16.8 Å². The van der Waals surface area contributed by atoms with E-state index in [1.165, 1.54) is 6.07 Å². The van der Waals surface area contributed by atoms with Crippen LogP contribution in [0, 0.1) is 0 Å². The molecular formula is C23H19ClN4O2. The molecule has 4 rings (SSSR count). The van der Waals surface area contributed by atoms with Gasteiger partial charge in [0, 0.05) is 23.2 Å². The van der Waals surface area contributed by atoms with E-state index in [4.69, 9.17) is 22.4 Å². The molecule has 6 nitrogen and oxygen atoms in total. The van der Waals surface area contributed by atoms with Crippen LogP contribution in [0.5, 0.6) is 0 Å². The Labute approximate surface area is 178 Å². The summed E-state index contributed by atoms with van der Waals surface area (Å²) in [6.07, 6.45) is 0. The number of carboxylic acids is 1. The molecule has 4 N–H and O–H groups in total. The van der Waals surface area contributed by atoms with E-state index in [9.17, 15) is 9.90 Å². The quantitative estimate of drug-likeness (QED) is 0.405. The number of aromatic nitrogens is 2. The van der Waals surface area contributed by atoms with Crippen LogP contribution in [0.4, 0.5) is 11.5 Å². The molecule has 0 unspecified atom stereocenters. The Balaban J connectivity index is 1.88. The average molecular weight is 419 g/mol. The van der Waals surface area contributed by atoms with E-state index in [1.807, 2.05) is 60.7 Å². The van der Waals surface area contributed by atoms with Gasteiger partial charge in [0.05, 0.1) is 22.6 Å². The van der Waals surface area contributed by atoms with Gasteiger partial charge in [0.15, 0.2) is 0 Å². The van der Waals surface area contributed by atoms with Crippen LogP contribution < -0.4 is 11.1 Å². The third kappa shape index (κ3) is 3.91. The van der Waals surface area contributed by atoms with Crippen LogP contribution in [-0.2, 0) is 6.54 Å². The van der Waals surface area contributed by atoms with Crippen molar-refractivity contribution in [3.63, 3.8) is 0 Å². The van der Waals surface area contributed by atoms with E-state index in [2.05, 4.69) is 5.32 Å². The van der Waals surface area contributed by atoms with Crippen molar-refractivity contribution in [3.8, 4) is 16.9 Å². The predicted octanol–water partition coefficient (Wildman–Crippen LogP) is 5.09. The molecular weight excluding hydrogens is 400 g/mol. The van der Waals surface area contributed by atoms with Crippen molar-refractivity contribution in [2.24, 2.45) is 5.73 Å². The topological polar surface area (TPSA) is 93.2 Å². The number of aromatic carboxylic acids is 1.